The fraction of sp³-hybridized carbons (Fsp3) is 0.304. The van der Waals surface area contributed by atoms with Crippen LogP contribution in [0.25, 0.3) is 5.69 Å². The van der Waals surface area contributed by atoms with Crippen molar-refractivity contribution in [2.75, 3.05) is 5.75 Å². The Morgan fingerprint density at radius 3 is 2.71 bits per heavy atom. The average Bonchev–Trinajstić information content (AvgIpc) is 3.43. The Bertz CT molecular complexity index is 1010. The van der Waals surface area contributed by atoms with Gasteiger partial charge in [-0.3, -0.25) is 9.98 Å². The monoisotopic (exact) mass is 388 g/mol. The van der Waals surface area contributed by atoms with E-state index in [9.17, 15) is 0 Å². The van der Waals surface area contributed by atoms with Gasteiger partial charge in [-0.05, 0) is 49.2 Å². The van der Waals surface area contributed by atoms with Crippen molar-refractivity contribution >= 4 is 16.9 Å². The Labute approximate surface area is 170 Å². The van der Waals surface area contributed by atoms with E-state index >= 15 is 0 Å². The van der Waals surface area contributed by atoms with Gasteiger partial charge in [0, 0.05) is 35.6 Å². The molecule has 0 spiro atoms. The first-order chi connectivity index (χ1) is 13.8. The number of benzene rings is 1. The third-order valence-corrected chi connectivity index (χ3v) is 6.91. The van der Waals surface area contributed by atoms with Crippen molar-refractivity contribution in [1.82, 2.24) is 14.5 Å². The molecule has 0 unspecified atom stereocenters. The summed E-state index contributed by atoms with van der Waals surface area (Å²) in [5, 5.41) is 1.17. The fourth-order valence-corrected chi connectivity index (χ4v) is 5.70. The van der Waals surface area contributed by atoms with E-state index in [4.69, 9.17) is 4.99 Å². The highest BCUT2D eigenvalue weighted by Crippen LogP contribution is 2.48. The number of rotatable bonds is 4. The van der Waals surface area contributed by atoms with E-state index in [1.165, 1.54) is 22.1 Å². The van der Waals surface area contributed by atoms with Crippen molar-refractivity contribution in [3.63, 3.8) is 0 Å². The number of nitrogens with zero attached hydrogens (tertiary/aromatic N) is 4. The Morgan fingerprint density at radius 1 is 1.07 bits per heavy atom. The molecule has 2 aliphatic rings. The first-order valence-electron chi connectivity index (χ1n) is 9.91. The Hall–Kier alpha value is -2.53. The number of hydrogen-bond donors (Lipinski definition) is 0. The van der Waals surface area contributed by atoms with Crippen molar-refractivity contribution in [1.29, 1.82) is 0 Å². The second-order valence-corrected chi connectivity index (χ2v) is 8.41. The van der Waals surface area contributed by atoms with Gasteiger partial charge in [0.2, 0.25) is 0 Å². The first kappa shape index (κ1) is 17.6. The molecule has 142 valence electrons. The number of pyridine rings is 1. The molecule has 4 nitrogen and oxygen atoms in total. The SMILES string of the molecule is CC[C@@H]1CSC2=N[C@H](c3ccccn3)[C@@H](c3cccn3-c3ccccc3C)N21. The molecule has 5 heteroatoms. The number of fused-ring (bicyclic) bond motifs is 1. The molecule has 2 aromatic heterocycles. The molecule has 3 aromatic rings. The smallest absolute Gasteiger partial charge is 0.160 e. The summed E-state index contributed by atoms with van der Waals surface area (Å²) in [5.41, 5.74) is 4.83. The van der Waals surface area contributed by atoms with Gasteiger partial charge >= 0.3 is 0 Å². The third kappa shape index (κ3) is 2.76. The van der Waals surface area contributed by atoms with E-state index in [0.717, 1.165) is 17.9 Å². The van der Waals surface area contributed by atoms with Crippen molar-refractivity contribution in [2.24, 2.45) is 4.99 Å². The van der Waals surface area contributed by atoms with E-state index in [-0.39, 0.29) is 12.1 Å². The fourth-order valence-electron chi connectivity index (χ4n) is 4.36. The highest BCUT2D eigenvalue weighted by atomic mass is 32.2. The van der Waals surface area contributed by atoms with Gasteiger partial charge in [-0.25, -0.2) is 0 Å². The van der Waals surface area contributed by atoms with Gasteiger partial charge in [0.15, 0.2) is 5.17 Å². The van der Waals surface area contributed by atoms with E-state index < -0.39 is 0 Å². The summed E-state index contributed by atoms with van der Waals surface area (Å²) in [6.07, 6.45) is 5.18. The number of para-hydroxylation sites is 1. The lowest BCUT2D eigenvalue weighted by molar-refractivity contribution is 0.249. The van der Waals surface area contributed by atoms with Gasteiger partial charge in [0.05, 0.1) is 5.69 Å². The molecule has 0 amide bonds. The van der Waals surface area contributed by atoms with Crippen molar-refractivity contribution in [3.05, 3.63) is 83.9 Å². The molecule has 0 aliphatic carbocycles. The number of thioether (sulfide) groups is 1. The van der Waals surface area contributed by atoms with Crippen LogP contribution >= 0.6 is 11.8 Å². The van der Waals surface area contributed by atoms with E-state index in [1.54, 1.807) is 0 Å². The maximum absolute atomic E-state index is 5.14. The minimum atomic E-state index is 0.0238. The van der Waals surface area contributed by atoms with E-state index in [0.29, 0.717) is 6.04 Å². The molecule has 1 aromatic carbocycles. The lowest BCUT2D eigenvalue weighted by atomic mass is 9.99. The summed E-state index contributed by atoms with van der Waals surface area (Å²) >= 11 is 1.89. The Morgan fingerprint density at radius 2 is 1.93 bits per heavy atom. The molecular formula is C23H24N4S. The largest absolute Gasteiger partial charge is 0.337 e. The zero-order chi connectivity index (χ0) is 19.1. The molecular weight excluding hydrogens is 364 g/mol. The predicted molar refractivity (Wildman–Crippen MR) is 116 cm³/mol. The van der Waals surface area contributed by atoms with Gasteiger partial charge in [-0.1, -0.05) is 43.0 Å². The summed E-state index contributed by atoms with van der Waals surface area (Å²) in [4.78, 5) is 12.4. The maximum atomic E-state index is 5.14. The Balaban J connectivity index is 1.65. The van der Waals surface area contributed by atoms with Gasteiger partial charge in [-0.15, -0.1) is 0 Å². The lowest BCUT2D eigenvalue weighted by Gasteiger charge is -2.32. The molecule has 4 heterocycles. The summed E-state index contributed by atoms with van der Waals surface area (Å²) in [5.74, 6) is 1.12. The van der Waals surface area contributed by atoms with Crippen LogP contribution in [0, 0.1) is 6.92 Å². The molecule has 3 atom stereocenters. The second-order valence-electron chi connectivity index (χ2n) is 7.43. The molecule has 0 bridgehead atoms. The van der Waals surface area contributed by atoms with Crippen LogP contribution in [-0.4, -0.2) is 31.4 Å². The summed E-state index contributed by atoms with van der Waals surface area (Å²) in [6, 6.07) is 19.8. The zero-order valence-corrected chi connectivity index (χ0v) is 17.0. The number of aliphatic imine (C=N–C) groups is 1. The summed E-state index contributed by atoms with van der Waals surface area (Å²) < 4.78 is 2.34. The topological polar surface area (TPSA) is 33.4 Å². The zero-order valence-electron chi connectivity index (χ0n) is 16.2. The van der Waals surface area contributed by atoms with Crippen LogP contribution in [0.3, 0.4) is 0 Å². The molecule has 28 heavy (non-hydrogen) atoms. The van der Waals surface area contributed by atoms with Gasteiger partial charge in [-0.2, -0.15) is 0 Å². The van der Waals surface area contributed by atoms with Crippen LogP contribution < -0.4 is 0 Å². The normalized spacial score (nSPS) is 23.7. The Kier molecular flexibility index (Phi) is 4.47. The lowest BCUT2D eigenvalue weighted by Crippen LogP contribution is -2.36. The maximum Gasteiger partial charge on any atom is 0.160 e. The molecule has 0 saturated carbocycles. The third-order valence-electron chi connectivity index (χ3n) is 5.79. The molecule has 0 radical (unpaired) electrons. The van der Waals surface area contributed by atoms with Gasteiger partial charge in [0.25, 0.3) is 0 Å². The standard InChI is InChI=1S/C23H24N4S/c1-3-17-15-28-23-25-21(18-10-6-7-13-24-18)22(27(17)23)20-12-8-14-26(20)19-11-5-4-9-16(19)2/h4-14,17,21-22H,3,15H2,1-2H3/t17-,21-,22-/m1/s1. The van der Waals surface area contributed by atoms with Crippen LogP contribution in [0.2, 0.25) is 0 Å². The second kappa shape index (κ2) is 7.13. The minimum absolute atomic E-state index is 0.0238. The molecule has 5 rings (SSSR count). The van der Waals surface area contributed by atoms with Crippen LogP contribution in [0.1, 0.15) is 42.4 Å². The van der Waals surface area contributed by atoms with Crippen molar-refractivity contribution in [2.45, 2.75) is 38.4 Å². The van der Waals surface area contributed by atoms with Crippen LogP contribution in [-0.2, 0) is 0 Å². The summed E-state index contributed by atoms with van der Waals surface area (Å²) in [6.45, 7) is 4.45. The predicted octanol–water partition coefficient (Wildman–Crippen LogP) is 5.16. The van der Waals surface area contributed by atoms with Crippen LogP contribution in [0.4, 0.5) is 0 Å². The average molecular weight is 389 g/mol. The summed E-state index contributed by atoms with van der Waals surface area (Å²) in [7, 11) is 0. The highest BCUT2D eigenvalue weighted by molar-refractivity contribution is 8.14. The minimum Gasteiger partial charge on any atom is -0.337 e. The molecule has 2 aliphatic heterocycles. The molecule has 1 fully saturated rings. The van der Waals surface area contributed by atoms with Crippen LogP contribution in [0.5, 0.6) is 0 Å². The highest BCUT2D eigenvalue weighted by Gasteiger charge is 2.46. The molecule has 1 saturated heterocycles. The first-order valence-corrected chi connectivity index (χ1v) is 10.9. The van der Waals surface area contributed by atoms with Crippen molar-refractivity contribution in [3.8, 4) is 5.69 Å². The number of aromatic nitrogens is 2. The van der Waals surface area contributed by atoms with Crippen LogP contribution in [0.15, 0.2) is 72.0 Å². The van der Waals surface area contributed by atoms with E-state index in [1.807, 2.05) is 24.0 Å². The van der Waals surface area contributed by atoms with Crippen molar-refractivity contribution < 1.29 is 0 Å². The quantitative estimate of drug-likeness (QED) is 0.619. The van der Waals surface area contributed by atoms with E-state index in [2.05, 4.69) is 83.0 Å². The number of aryl methyl sites for hydroxylation is 1. The number of amidine groups is 1. The van der Waals surface area contributed by atoms with Gasteiger partial charge < -0.3 is 9.47 Å². The van der Waals surface area contributed by atoms with Gasteiger partial charge in [0.1, 0.15) is 12.1 Å². The molecule has 0 N–H and O–H groups in total. The number of hydrogen-bond acceptors (Lipinski definition) is 4.